The number of nitrogens with two attached hydrogens (primary N) is 1. The Labute approximate surface area is 136 Å². The quantitative estimate of drug-likeness (QED) is 0.735. The minimum Gasteiger partial charge on any atom is -0.396 e. The van der Waals surface area contributed by atoms with Gasteiger partial charge in [-0.15, -0.1) is 16.4 Å². The first kappa shape index (κ1) is 14.2. The van der Waals surface area contributed by atoms with Crippen LogP contribution in [0.2, 0.25) is 0 Å². The molecule has 0 saturated carbocycles. The zero-order valence-corrected chi connectivity index (χ0v) is 13.2. The molecule has 118 valence electrons. The fraction of sp³-hybridized carbons (Fsp3) is 0.267. The maximum atomic E-state index is 12.6. The third-order valence-corrected chi connectivity index (χ3v) is 4.72. The highest BCUT2D eigenvalue weighted by Crippen LogP contribution is 2.24. The van der Waals surface area contributed by atoms with Crippen molar-refractivity contribution in [3.8, 4) is 10.7 Å². The number of nitrogens with one attached hydrogen (secondary N) is 1. The Kier molecular flexibility index (Phi) is 3.47. The van der Waals surface area contributed by atoms with Crippen LogP contribution in [-0.2, 0) is 0 Å². The van der Waals surface area contributed by atoms with Gasteiger partial charge in [-0.25, -0.2) is 9.50 Å². The average Bonchev–Trinajstić information content (AvgIpc) is 3.24. The molecule has 3 N–H and O–H groups in total. The van der Waals surface area contributed by atoms with Crippen LogP contribution < -0.4 is 11.1 Å². The zero-order chi connectivity index (χ0) is 15.8. The number of amides is 1. The number of fused-ring (bicyclic) bond motifs is 1. The number of rotatable bonds is 2. The SMILES string of the molecule is Nc1cc(C(=O)N2CCNCC2)cn2nc(-c3cccs3)nc12. The van der Waals surface area contributed by atoms with E-state index in [1.165, 1.54) is 0 Å². The van der Waals surface area contributed by atoms with Gasteiger partial charge in [0.15, 0.2) is 11.5 Å². The Balaban J connectivity index is 1.73. The molecule has 0 spiro atoms. The molecule has 23 heavy (non-hydrogen) atoms. The Bertz CT molecular complexity index is 850. The number of nitrogen functional groups attached to an aromatic ring is 1. The predicted octanol–water partition coefficient (Wildman–Crippen LogP) is 1.09. The third-order valence-electron chi connectivity index (χ3n) is 3.85. The number of carbonyl (C=O) groups excluding carboxylic acids is 1. The van der Waals surface area contributed by atoms with Crippen LogP contribution in [0.1, 0.15) is 10.4 Å². The Hall–Kier alpha value is -2.45. The van der Waals surface area contributed by atoms with E-state index >= 15 is 0 Å². The van der Waals surface area contributed by atoms with Crippen molar-refractivity contribution in [2.75, 3.05) is 31.9 Å². The maximum absolute atomic E-state index is 12.6. The summed E-state index contributed by atoms with van der Waals surface area (Å²) in [5.74, 6) is 0.603. The molecular weight excluding hydrogens is 312 g/mol. The zero-order valence-electron chi connectivity index (χ0n) is 12.4. The standard InChI is InChI=1S/C15H16N6OS/c16-11-8-10(15(22)20-5-3-17-4-6-20)9-21-14(11)18-13(19-21)12-2-1-7-23-12/h1-2,7-9,17H,3-6,16H2. The molecule has 1 amide bonds. The summed E-state index contributed by atoms with van der Waals surface area (Å²) in [6.45, 7) is 3.04. The second-order valence-corrected chi connectivity index (χ2v) is 6.35. The van der Waals surface area contributed by atoms with E-state index in [-0.39, 0.29) is 5.91 Å². The molecule has 1 saturated heterocycles. The number of hydrogen-bond donors (Lipinski definition) is 2. The van der Waals surface area contributed by atoms with Crippen molar-refractivity contribution in [3.63, 3.8) is 0 Å². The minimum atomic E-state index is -0.0201. The summed E-state index contributed by atoms with van der Waals surface area (Å²) in [7, 11) is 0. The van der Waals surface area contributed by atoms with Crippen LogP contribution in [0.5, 0.6) is 0 Å². The number of aromatic nitrogens is 3. The van der Waals surface area contributed by atoms with Gasteiger partial charge in [-0.3, -0.25) is 4.79 Å². The van der Waals surface area contributed by atoms with Crippen LogP contribution in [0, 0.1) is 0 Å². The van der Waals surface area contributed by atoms with Crippen molar-refractivity contribution in [2.24, 2.45) is 0 Å². The van der Waals surface area contributed by atoms with Gasteiger partial charge in [0.1, 0.15) is 0 Å². The summed E-state index contributed by atoms with van der Waals surface area (Å²) in [5, 5.41) is 9.67. The van der Waals surface area contributed by atoms with Crippen molar-refractivity contribution in [1.82, 2.24) is 24.8 Å². The lowest BCUT2D eigenvalue weighted by Gasteiger charge is -2.27. The number of pyridine rings is 1. The van der Waals surface area contributed by atoms with Crippen LogP contribution in [0.15, 0.2) is 29.8 Å². The summed E-state index contributed by atoms with van der Waals surface area (Å²) < 4.78 is 1.60. The van der Waals surface area contributed by atoms with Crippen molar-refractivity contribution in [1.29, 1.82) is 0 Å². The second-order valence-electron chi connectivity index (χ2n) is 5.41. The van der Waals surface area contributed by atoms with Crippen molar-refractivity contribution in [2.45, 2.75) is 0 Å². The van der Waals surface area contributed by atoms with E-state index in [0.717, 1.165) is 18.0 Å². The molecule has 0 aromatic carbocycles. The van der Waals surface area contributed by atoms with E-state index in [4.69, 9.17) is 5.73 Å². The van der Waals surface area contributed by atoms with Gasteiger partial charge in [-0.1, -0.05) is 6.07 Å². The number of thiophene rings is 1. The van der Waals surface area contributed by atoms with Crippen molar-refractivity contribution < 1.29 is 4.79 Å². The van der Waals surface area contributed by atoms with E-state index in [9.17, 15) is 4.79 Å². The van der Waals surface area contributed by atoms with Gasteiger partial charge in [0.05, 0.1) is 16.1 Å². The predicted molar refractivity (Wildman–Crippen MR) is 89.5 cm³/mol. The highest BCUT2D eigenvalue weighted by atomic mass is 32.1. The smallest absolute Gasteiger partial charge is 0.255 e. The summed E-state index contributed by atoms with van der Waals surface area (Å²) in [5.41, 5.74) is 7.66. The molecule has 7 nitrogen and oxygen atoms in total. The molecule has 0 radical (unpaired) electrons. The van der Waals surface area contributed by atoms with E-state index in [0.29, 0.717) is 35.8 Å². The van der Waals surface area contributed by atoms with Crippen LogP contribution in [0.4, 0.5) is 5.69 Å². The van der Waals surface area contributed by atoms with E-state index in [2.05, 4.69) is 15.4 Å². The van der Waals surface area contributed by atoms with Crippen LogP contribution >= 0.6 is 11.3 Å². The Morgan fingerprint density at radius 1 is 1.35 bits per heavy atom. The van der Waals surface area contributed by atoms with Crippen LogP contribution in [-0.4, -0.2) is 51.6 Å². The number of carbonyl (C=O) groups is 1. The molecule has 8 heteroatoms. The summed E-state index contributed by atoms with van der Waals surface area (Å²) >= 11 is 1.57. The lowest BCUT2D eigenvalue weighted by Crippen LogP contribution is -2.46. The topological polar surface area (TPSA) is 88.6 Å². The van der Waals surface area contributed by atoms with E-state index in [1.807, 2.05) is 22.4 Å². The molecule has 1 aliphatic heterocycles. The Morgan fingerprint density at radius 3 is 2.91 bits per heavy atom. The second kappa shape index (κ2) is 5.64. The largest absolute Gasteiger partial charge is 0.396 e. The monoisotopic (exact) mass is 328 g/mol. The maximum Gasteiger partial charge on any atom is 0.255 e. The average molecular weight is 328 g/mol. The molecule has 4 heterocycles. The molecule has 0 atom stereocenters. The Morgan fingerprint density at radius 2 is 2.17 bits per heavy atom. The van der Waals surface area contributed by atoms with Gasteiger partial charge in [0.2, 0.25) is 0 Å². The highest BCUT2D eigenvalue weighted by molar-refractivity contribution is 7.13. The molecule has 4 rings (SSSR count). The van der Waals surface area contributed by atoms with Gasteiger partial charge < -0.3 is 16.0 Å². The van der Waals surface area contributed by atoms with Crippen LogP contribution in [0.3, 0.4) is 0 Å². The number of anilines is 1. The van der Waals surface area contributed by atoms with Gasteiger partial charge in [0.25, 0.3) is 5.91 Å². The first-order valence-corrected chi connectivity index (χ1v) is 8.30. The number of piperazine rings is 1. The molecule has 0 bridgehead atoms. The van der Waals surface area contributed by atoms with Gasteiger partial charge in [0, 0.05) is 32.4 Å². The fourth-order valence-corrected chi connectivity index (χ4v) is 3.34. The van der Waals surface area contributed by atoms with Gasteiger partial charge >= 0.3 is 0 Å². The van der Waals surface area contributed by atoms with Crippen molar-refractivity contribution >= 4 is 28.6 Å². The van der Waals surface area contributed by atoms with Gasteiger partial charge in [-0.05, 0) is 17.5 Å². The molecule has 1 aliphatic rings. The summed E-state index contributed by atoms with van der Waals surface area (Å²) in [6.07, 6.45) is 1.71. The van der Waals surface area contributed by atoms with Gasteiger partial charge in [-0.2, -0.15) is 0 Å². The lowest BCUT2D eigenvalue weighted by atomic mass is 10.2. The molecule has 3 aromatic rings. The lowest BCUT2D eigenvalue weighted by molar-refractivity contribution is 0.0735. The number of hydrogen-bond acceptors (Lipinski definition) is 6. The molecule has 0 aliphatic carbocycles. The van der Waals surface area contributed by atoms with E-state index < -0.39 is 0 Å². The summed E-state index contributed by atoms with van der Waals surface area (Å²) in [6, 6.07) is 5.60. The molecule has 1 fully saturated rings. The molecular formula is C15H16N6OS. The molecule has 0 unspecified atom stereocenters. The minimum absolute atomic E-state index is 0.0201. The normalized spacial score (nSPS) is 15.2. The first-order valence-electron chi connectivity index (χ1n) is 7.42. The van der Waals surface area contributed by atoms with Crippen LogP contribution in [0.25, 0.3) is 16.3 Å². The van der Waals surface area contributed by atoms with E-state index in [1.54, 1.807) is 28.1 Å². The first-order chi connectivity index (χ1) is 11.2. The third kappa shape index (κ3) is 2.55. The fourth-order valence-electron chi connectivity index (χ4n) is 2.69. The van der Waals surface area contributed by atoms with Crippen molar-refractivity contribution in [3.05, 3.63) is 35.3 Å². The highest BCUT2D eigenvalue weighted by Gasteiger charge is 2.20. The number of nitrogens with zero attached hydrogens (tertiary/aromatic N) is 4. The summed E-state index contributed by atoms with van der Waals surface area (Å²) in [4.78, 5) is 19.9. The molecule has 3 aromatic heterocycles.